The molecule has 2 unspecified atom stereocenters. The minimum atomic E-state index is -3.34. The van der Waals surface area contributed by atoms with E-state index >= 15 is 0 Å². The number of carbonyl (C=O) groups is 1. The molecule has 0 saturated heterocycles. The number of rotatable bonds is 10. The Kier molecular flexibility index (Phi) is 7.94. The molecule has 0 heterocycles. The molecule has 4 aromatic rings. The van der Waals surface area contributed by atoms with E-state index < -0.39 is 14.3 Å². The highest BCUT2D eigenvalue weighted by Crippen LogP contribution is 2.48. The highest BCUT2D eigenvalue weighted by molar-refractivity contribution is 7.81. The summed E-state index contributed by atoms with van der Waals surface area (Å²) < 4.78 is 39.5. The zero-order chi connectivity index (χ0) is 25.6. The van der Waals surface area contributed by atoms with Gasteiger partial charge in [0.15, 0.2) is 0 Å². The number of hydrogen-bond acceptors (Lipinski definition) is 5. The zero-order valence-electron chi connectivity index (χ0n) is 20.2. The number of benzene rings is 4. The number of Topliss-reactive ketones (excluding diaryl/α,β-unsaturated/α-hetero) is 1. The minimum Gasteiger partial charge on any atom is -0.497 e. The van der Waals surface area contributed by atoms with Crippen LogP contribution in [0.3, 0.4) is 0 Å². The first-order valence-electron chi connectivity index (χ1n) is 11.5. The topological polar surface area (TPSA) is 69.7 Å². The van der Waals surface area contributed by atoms with Gasteiger partial charge in [-0.05, 0) is 48.5 Å². The SMILES string of the molecule is COc1ccc(P(=O)(CC(=O)CP(=O)(c2ccccc2)c2ccc(OC)cc2)c2ccccc2)cc1. The summed E-state index contributed by atoms with van der Waals surface area (Å²) in [6, 6.07) is 31.9. The Morgan fingerprint density at radius 2 is 0.833 bits per heavy atom. The van der Waals surface area contributed by atoms with Crippen LogP contribution in [0.4, 0.5) is 0 Å². The van der Waals surface area contributed by atoms with E-state index in [4.69, 9.17) is 9.47 Å². The molecule has 4 aromatic carbocycles. The van der Waals surface area contributed by atoms with Crippen molar-refractivity contribution in [1.82, 2.24) is 0 Å². The van der Waals surface area contributed by atoms with Gasteiger partial charge in [-0.15, -0.1) is 0 Å². The summed E-state index contributed by atoms with van der Waals surface area (Å²) in [5.41, 5.74) is 0. The highest BCUT2D eigenvalue weighted by atomic mass is 31.2. The van der Waals surface area contributed by atoms with Crippen LogP contribution in [0.15, 0.2) is 109 Å². The number of carbonyl (C=O) groups excluding carboxylic acids is 1. The van der Waals surface area contributed by atoms with Gasteiger partial charge >= 0.3 is 0 Å². The molecule has 0 aliphatic carbocycles. The van der Waals surface area contributed by atoms with E-state index in [-0.39, 0.29) is 18.1 Å². The lowest BCUT2D eigenvalue weighted by Gasteiger charge is -2.22. The van der Waals surface area contributed by atoms with Gasteiger partial charge in [-0.25, -0.2) is 0 Å². The molecule has 0 amide bonds. The van der Waals surface area contributed by atoms with E-state index in [1.165, 1.54) is 0 Å². The molecule has 2 atom stereocenters. The van der Waals surface area contributed by atoms with Crippen molar-refractivity contribution in [3.63, 3.8) is 0 Å². The molecule has 0 spiro atoms. The van der Waals surface area contributed by atoms with Crippen LogP contribution in [0.2, 0.25) is 0 Å². The second-order valence-corrected chi connectivity index (χ2v) is 14.1. The molecule has 0 saturated carbocycles. The van der Waals surface area contributed by atoms with Crippen molar-refractivity contribution in [3.05, 3.63) is 109 Å². The lowest BCUT2D eigenvalue weighted by atomic mass is 10.3. The molecule has 184 valence electrons. The Morgan fingerprint density at radius 1 is 0.528 bits per heavy atom. The molecule has 0 aliphatic heterocycles. The first-order valence-corrected chi connectivity index (χ1v) is 15.3. The summed E-state index contributed by atoms with van der Waals surface area (Å²) in [6.07, 6.45) is -0.452. The van der Waals surface area contributed by atoms with Crippen LogP contribution >= 0.6 is 14.3 Å². The Balaban J connectivity index is 1.72. The Bertz CT molecular complexity index is 1290. The summed E-state index contributed by atoms with van der Waals surface area (Å²) in [5, 5.41) is 2.29. The van der Waals surface area contributed by atoms with Crippen LogP contribution in [-0.2, 0) is 13.9 Å². The second kappa shape index (κ2) is 11.1. The van der Waals surface area contributed by atoms with Gasteiger partial charge in [-0.3, -0.25) is 4.79 Å². The van der Waals surface area contributed by atoms with Gasteiger partial charge in [-0.2, -0.15) is 0 Å². The van der Waals surface area contributed by atoms with Crippen molar-refractivity contribution in [3.8, 4) is 11.5 Å². The van der Waals surface area contributed by atoms with E-state index in [1.807, 2.05) is 36.4 Å². The molecule has 5 nitrogen and oxygen atoms in total. The Labute approximate surface area is 211 Å². The first-order chi connectivity index (χ1) is 17.4. The van der Waals surface area contributed by atoms with Gasteiger partial charge in [0.25, 0.3) is 0 Å². The summed E-state index contributed by atoms with van der Waals surface area (Å²) >= 11 is 0. The van der Waals surface area contributed by atoms with Crippen molar-refractivity contribution in [2.45, 2.75) is 0 Å². The highest BCUT2D eigenvalue weighted by Gasteiger charge is 2.35. The average Bonchev–Trinajstić information content (AvgIpc) is 2.94. The number of ketones is 1. The smallest absolute Gasteiger partial charge is 0.150 e. The predicted molar refractivity (Wildman–Crippen MR) is 147 cm³/mol. The third kappa shape index (κ3) is 5.38. The zero-order valence-corrected chi connectivity index (χ0v) is 22.0. The van der Waals surface area contributed by atoms with Crippen molar-refractivity contribution < 1.29 is 23.4 Å². The van der Waals surface area contributed by atoms with Crippen LogP contribution in [0.1, 0.15) is 0 Å². The fourth-order valence-corrected chi connectivity index (χ4v) is 9.48. The molecular formula is C29H28O5P2. The molecule has 0 aromatic heterocycles. The molecule has 7 heteroatoms. The maximum atomic E-state index is 14.5. The van der Waals surface area contributed by atoms with E-state index in [9.17, 15) is 13.9 Å². The monoisotopic (exact) mass is 518 g/mol. The number of hydrogen-bond donors (Lipinski definition) is 0. The van der Waals surface area contributed by atoms with E-state index in [0.29, 0.717) is 32.7 Å². The fraction of sp³-hybridized carbons (Fsp3) is 0.138. The molecule has 0 radical (unpaired) electrons. The molecule has 0 bridgehead atoms. The van der Waals surface area contributed by atoms with Crippen LogP contribution in [-0.4, -0.2) is 32.3 Å². The van der Waals surface area contributed by atoms with Crippen LogP contribution in [0, 0.1) is 0 Å². The number of ether oxygens (including phenoxy) is 2. The van der Waals surface area contributed by atoms with Crippen LogP contribution < -0.4 is 30.7 Å². The van der Waals surface area contributed by atoms with Gasteiger partial charge in [0.2, 0.25) is 0 Å². The lowest BCUT2D eigenvalue weighted by Crippen LogP contribution is -2.27. The van der Waals surface area contributed by atoms with Crippen molar-refractivity contribution in [2.75, 3.05) is 26.5 Å². The molecule has 0 N–H and O–H groups in total. The third-order valence-electron chi connectivity index (χ3n) is 6.12. The Hall–Kier alpha value is -3.39. The Morgan fingerprint density at radius 3 is 1.14 bits per heavy atom. The summed E-state index contributed by atoms with van der Waals surface area (Å²) in [5.74, 6) is 0.955. The maximum Gasteiger partial charge on any atom is 0.150 e. The second-order valence-electron chi connectivity index (χ2n) is 8.40. The summed E-state index contributed by atoms with van der Waals surface area (Å²) in [7, 11) is -3.55. The van der Waals surface area contributed by atoms with E-state index in [1.54, 1.807) is 87.0 Å². The predicted octanol–water partition coefficient (Wildman–Crippen LogP) is 4.60. The molecule has 4 rings (SSSR count). The maximum absolute atomic E-state index is 14.5. The van der Waals surface area contributed by atoms with Gasteiger partial charge in [0.05, 0.1) is 26.5 Å². The van der Waals surface area contributed by atoms with Gasteiger partial charge in [0.1, 0.15) is 31.6 Å². The number of methoxy groups -OCH3 is 2. The minimum absolute atomic E-state index is 0.226. The molecule has 0 aliphatic rings. The largest absolute Gasteiger partial charge is 0.497 e. The van der Waals surface area contributed by atoms with Gasteiger partial charge in [0, 0.05) is 21.2 Å². The standard InChI is InChI=1S/C29H28O5P2/c1-33-24-13-17-28(18-14-24)35(31,26-9-5-3-6-10-26)21-23(30)22-36(32,27-11-7-4-8-12-27)29-19-15-25(34-2)16-20-29/h3-20H,21-22H2,1-2H3. The average molecular weight is 518 g/mol. The fourth-order valence-electron chi connectivity index (χ4n) is 4.19. The van der Waals surface area contributed by atoms with Gasteiger partial charge in [-0.1, -0.05) is 60.7 Å². The summed E-state index contributed by atoms with van der Waals surface area (Å²) in [6.45, 7) is 0. The van der Waals surface area contributed by atoms with Crippen LogP contribution in [0.5, 0.6) is 11.5 Å². The van der Waals surface area contributed by atoms with E-state index in [0.717, 1.165) is 0 Å². The normalized spacial score (nSPS) is 14.3. The quantitative estimate of drug-likeness (QED) is 0.287. The van der Waals surface area contributed by atoms with Gasteiger partial charge < -0.3 is 18.6 Å². The lowest BCUT2D eigenvalue weighted by molar-refractivity contribution is -0.114. The van der Waals surface area contributed by atoms with Crippen molar-refractivity contribution >= 4 is 41.3 Å². The van der Waals surface area contributed by atoms with E-state index in [2.05, 4.69) is 0 Å². The summed E-state index contributed by atoms with van der Waals surface area (Å²) in [4.78, 5) is 13.6. The molecular weight excluding hydrogens is 490 g/mol. The molecule has 0 fully saturated rings. The molecule has 36 heavy (non-hydrogen) atoms. The van der Waals surface area contributed by atoms with Crippen molar-refractivity contribution in [2.24, 2.45) is 0 Å². The van der Waals surface area contributed by atoms with Crippen LogP contribution in [0.25, 0.3) is 0 Å². The van der Waals surface area contributed by atoms with Crippen molar-refractivity contribution in [1.29, 1.82) is 0 Å². The first kappa shape index (κ1) is 25.7. The third-order valence-corrected chi connectivity index (χ3v) is 12.2.